The third kappa shape index (κ3) is 3.93. The van der Waals surface area contributed by atoms with Crippen LogP contribution in [0.3, 0.4) is 0 Å². The van der Waals surface area contributed by atoms with Crippen LogP contribution in [0.2, 0.25) is 0 Å². The second-order valence-corrected chi connectivity index (χ2v) is 10.3. The van der Waals surface area contributed by atoms with Crippen molar-refractivity contribution in [3.05, 3.63) is 54.5 Å². The summed E-state index contributed by atoms with van der Waals surface area (Å²) in [5.74, 6) is 0.506. The van der Waals surface area contributed by atoms with E-state index in [0.717, 1.165) is 37.9 Å². The molecule has 0 saturated carbocycles. The molecule has 1 aromatic carbocycles. The van der Waals surface area contributed by atoms with Crippen molar-refractivity contribution in [2.45, 2.75) is 58.0 Å². The van der Waals surface area contributed by atoms with Gasteiger partial charge in [-0.05, 0) is 48.4 Å². The summed E-state index contributed by atoms with van der Waals surface area (Å²) in [6.07, 6.45) is 6.63. The van der Waals surface area contributed by atoms with Gasteiger partial charge in [0.25, 0.3) is 0 Å². The molecule has 32 heavy (non-hydrogen) atoms. The maximum atomic E-state index is 13.4. The fourth-order valence-corrected chi connectivity index (χ4v) is 5.22. The third-order valence-corrected chi connectivity index (χ3v) is 7.09. The summed E-state index contributed by atoms with van der Waals surface area (Å²) >= 11 is 0. The van der Waals surface area contributed by atoms with Crippen LogP contribution in [-0.4, -0.2) is 45.9 Å². The molecule has 0 aliphatic carbocycles. The van der Waals surface area contributed by atoms with E-state index in [9.17, 15) is 4.79 Å². The lowest BCUT2D eigenvalue weighted by molar-refractivity contribution is -0.134. The molecule has 2 aliphatic heterocycles. The number of piperidine rings is 1. The third-order valence-electron chi connectivity index (χ3n) is 7.09. The lowest BCUT2D eigenvalue weighted by atomic mass is 9.84. The van der Waals surface area contributed by atoms with Gasteiger partial charge >= 0.3 is 0 Å². The van der Waals surface area contributed by atoms with Crippen molar-refractivity contribution < 1.29 is 4.79 Å². The molecule has 0 bridgehead atoms. The maximum absolute atomic E-state index is 13.4. The van der Waals surface area contributed by atoms with Gasteiger partial charge in [-0.1, -0.05) is 39.0 Å². The molecule has 3 unspecified atom stereocenters. The fourth-order valence-electron chi connectivity index (χ4n) is 5.22. The number of likely N-dealkylation sites (tertiary alicyclic amines) is 1. The van der Waals surface area contributed by atoms with Crippen LogP contribution in [0.15, 0.2) is 48.8 Å². The van der Waals surface area contributed by atoms with Crippen molar-refractivity contribution in [1.82, 2.24) is 25.7 Å². The number of nitrogens with one attached hydrogen (secondary N) is 3. The molecule has 3 atom stereocenters. The first-order chi connectivity index (χ1) is 15.4. The predicted molar refractivity (Wildman–Crippen MR) is 128 cm³/mol. The number of carbonyl (C=O) groups excluding carboxylic acids is 1. The van der Waals surface area contributed by atoms with Gasteiger partial charge in [-0.25, -0.2) is 5.43 Å². The highest BCUT2D eigenvalue weighted by Gasteiger charge is 2.39. The van der Waals surface area contributed by atoms with Crippen LogP contribution in [-0.2, 0) is 4.79 Å². The summed E-state index contributed by atoms with van der Waals surface area (Å²) in [5, 5.41) is 1.23. The molecular weight excluding hydrogens is 398 g/mol. The zero-order chi connectivity index (χ0) is 22.3. The number of benzene rings is 1. The number of hydrogen-bond acceptors (Lipinski definition) is 4. The number of fused-ring (bicyclic) bond motifs is 1. The van der Waals surface area contributed by atoms with Crippen LogP contribution in [0.25, 0.3) is 22.0 Å². The summed E-state index contributed by atoms with van der Waals surface area (Å²) in [6.45, 7) is 8.23. The Morgan fingerprint density at radius 3 is 2.62 bits per heavy atom. The quantitative estimate of drug-likeness (QED) is 0.581. The molecule has 2 aromatic heterocycles. The number of para-hydroxylation sites is 1. The van der Waals surface area contributed by atoms with Gasteiger partial charge in [-0.3, -0.25) is 15.2 Å². The minimum atomic E-state index is -0.152. The van der Waals surface area contributed by atoms with E-state index in [1.165, 1.54) is 22.2 Å². The predicted octanol–water partition coefficient (Wildman–Crippen LogP) is 4.22. The number of aromatic nitrogens is 2. The maximum Gasteiger partial charge on any atom is 0.241 e. The molecule has 3 aromatic rings. The van der Waals surface area contributed by atoms with Crippen molar-refractivity contribution in [1.29, 1.82) is 0 Å². The van der Waals surface area contributed by atoms with Gasteiger partial charge in [0.1, 0.15) is 6.04 Å². The Kier molecular flexibility index (Phi) is 5.51. The molecule has 6 heteroatoms. The Morgan fingerprint density at radius 1 is 1.09 bits per heavy atom. The number of aromatic amines is 1. The van der Waals surface area contributed by atoms with Gasteiger partial charge in [-0.2, -0.15) is 0 Å². The highest BCUT2D eigenvalue weighted by molar-refractivity contribution is 5.97. The Balaban J connectivity index is 1.41. The van der Waals surface area contributed by atoms with Gasteiger partial charge in [-0.15, -0.1) is 0 Å². The summed E-state index contributed by atoms with van der Waals surface area (Å²) in [7, 11) is 0. The summed E-state index contributed by atoms with van der Waals surface area (Å²) < 4.78 is 0. The molecule has 4 heterocycles. The normalized spacial score (nSPS) is 24.2. The van der Waals surface area contributed by atoms with Crippen molar-refractivity contribution in [3.63, 3.8) is 0 Å². The van der Waals surface area contributed by atoms with Crippen LogP contribution in [0.5, 0.6) is 0 Å². The van der Waals surface area contributed by atoms with Crippen LogP contribution in [0.4, 0.5) is 0 Å². The molecule has 0 radical (unpaired) electrons. The molecule has 6 nitrogen and oxygen atoms in total. The van der Waals surface area contributed by atoms with E-state index in [-0.39, 0.29) is 23.3 Å². The van der Waals surface area contributed by atoms with Crippen molar-refractivity contribution in [2.75, 3.05) is 13.1 Å². The van der Waals surface area contributed by atoms with Crippen LogP contribution < -0.4 is 10.9 Å². The first-order valence-electron chi connectivity index (χ1n) is 11.7. The van der Waals surface area contributed by atoms with E-state index in [0.29, 0.717) is 6.04 Å². The highest BCUT2D eigenvalue weighted by Crippen LogP contribution is 2.39. The minimum absolute atomic E-state index is 0.121. The molecule has 2 fully saturated rings. The van der Waals surface area contributed by atoms with Crippen molar-refractivity contribution >= 4 is 16.8 Å². The number of hydrogen-bond donors (Lipinski definition) is 3. The average molecular weight is 432 g/mol. The highest BCUT2D eigenvalue weighted by atomic mass is 16.2. The zero-order valence-corrected chi connectivity index (χ0v) is 19.2. The Hall–Kier alpha value is -2.70. The van der Waals surface area contributed by atoms with Gasteiger partial charge in [0.2, 0.25) is 5.91 Å². The van der Waals surface area contributed by atoms with Gasteiger partial charge in [0.05, 0.1) is 0 Å². The number of hydrazine groups is 1. The number of amides is 1. The second-order valence-electron chi connectivity index (χ2n) is 10.3. The fraction of sp³-hybridized carbons (Fsp3) is 0.462. The second kappa shape index (κ2) is 8.34. The summed E-state index contributed by atoms with van der Waals surface area (Å²) in [6, 6.07) is 12.8. The van der Waals surface area contributed by atoms with E-state index in [4.69, 9.17) is 0 Å². The largest absolute Gasteiger partial charge is 0.358 e. The van der Waals surface area contributed by atoms with Crippen molar-refractivity contribution in [3.8, 4) is 11.1 Å². The number of nitrogens with zero attached hydrogens (tertiary/aromatic N) is 2. The number of carbonyl (C=O) groups is 1. The lowest BCUT2D eigenvalue weighted by Crippen LogP contribution is -2.49. The Bertz CT molecular complexity index is 1100. The Morgan fingerprint density at radius 2 is 1.88 bits per heavy atom. The topological polar surface area (TPSA) is 73.0 Å². The number of H-pyrrole nitrogens is 1. The molecule has 168 valence electrons. The summed E-state index contributed by atoms with van der Waals surface area (Å²) in [4.78, 5) is 23.4. The molecule has 0 spiro atoms. The van der Waals surface area contributed by atoms with E-state index in [1.807, 2.05) is 12.4 Å². The molecule has 2 aliphatic rings. The molecule has 5 rings (SSSR count). The van der Waals surface area contributed by atoms with E-state index < -0.39 is 0 Å². The average Bonchev–Trinajstić information content (AvgIpc) is 3.45. The standard InChI is InChI=1S/C26H33N5O/c1-26(2,3)22-15-21(29-30-22)25(32)31-14-6-7-18(16-31)24-23(17-10-12-27-13-11-17)19-8-4-5-9-20(19)28-24/h4-5,8-13,18,21-22,28-30H,6-7,14-16H2,1-3H3. The molecular formula is C26H33N5O. The molecule has 2 saturated heterocycles. The van der Waals surface area contributed by atoms with Gasteiger partial charge < -0.3 is 9.88 Å². The van der Waals surface area contributed by atoms with Gasteiger partial charge in [0.15, 0.2) is 0 Å². The molecule has 1 amide bonds. The van der Waals surface area contributed by atoms with Crippen LogP contribution >= 0.6 is 0 Å². The SMILES string of the molecule is CC(C)(C)C1CC(C(=O)N2CCCC(c3[nH]c4ccccc4c3-c3ccncc3)C2)NN1. The van der Waals surface area contributed by atoms with E-state index in [2.05, 4.69) is 82.9 Å². The lowest BCUT2D eigenvalue weighted by Gasteiger charge is -2.34. The number of pyridine rings is 1. The molecule has 3 N–H and O–H groups in total. The smallest absolute Gasteiger partial charge is 0.241 e. The van der Waals surface area contributed by atoms with E-state index >= 15 is 0 Å². The number of rotatable bonds is 3. The van der Waals surface area contributed by atoms with Crippen LogP contribution in [0.1, 0.15) is 51.6 Å². The van der Waals surface area contributed by atoms with Crippen LogP contribution in [0, 0.1) is 5.41 Å². The summed E-state index contributed by atoms with van der Waals surface area (Å²) in [5.41, 5.74) is 11.5. The zero-order valence-electron chi connectivity index (χ0n) is 19.2. The first kappa shape index (κ1) is 21.2. The minimum Gasteiger partial charge on any atom is -0.358 e. The van der Waals surface area contributed by atoms with E-state index in [1.54, 1.807) is 0 Å². The monoisotopic (exact) mass is 431 g/mol. The Labute approximate surface area is 189 Å². The van der Waals surface area contributed by atoms with Gasteiger partial charge in [0, 0.05) is 59.6 Å². The van der Waals surface area contributed by atoms with Crippen molar-refractivity contribution in [2.24, 2.45) is 5.41 Å². The first-order valence-corrected chi connectivity index (χ1v) is 11.7.